The summed E-state index contributed by atoms with van der Waals surface area (Å²) in [5, 5.41) is 13.8. The Bertz CT molecular complexity index is 1200. The fraction of sp³-hybridized carbons (Fsp3) is 0.333. The summed E-state index contributed by atoms with van der Waals surface area (Å²) in [6.07, 6.45) is 1.35. The summed E-state index contributed by atoms with van der Waals surface area (Å²) < 4.78 is 11.8. The number of thiophene rings is 1. The number of benzene rings is 2. The lowest BCUT2D eigenvalue weighted by Crippen LogP contribution is -2.40. The van der Waals surface area contributed by atoms with Crippen LogP contribution >= 0.6 is 23.1 Å². The van der Waals surface area contributed by atoms with Crippen LogP contribution in [0.2, 0.25) is 0 Å². The highest BCUT2D eigenvalue weighted by Gasteiger charge is 2.35. The Balaban J connectivity index is 1.51. The molecule has 8 heteroatoms. The smallest absolute Gasteiger partial charge is 0.264 e. The van der Waals surface area contributed by atoms with E-state index in [0.29, 0.717) is 38.4 Å². The number of nitrogens with zero attached hydrogens (tertiary/aromatic N) is 2. The molecule has 0 saturated carbocycles. The fourth-order valence-corrected chi connectivity index (χ4v) is 7.28. The van der Waals surface area contributed by atoms with Crippen molar-refractivity contribution in [1.29, 1.82) is 0 Å². The number of morpholine rings is 1. The van der Waals surface area contributed by atoms with Crippen LogP contribution in [0.1, 0.15) is 44.3 Å². The second-order valence-electron chi connectivity index (χ2n) is 8.68. The van der Waals surface area contributed by atoms with Crippen molar-refractivity contribution in [2.24, 2.45) is 5.16 Å². The highest BCUT2D eigenvalue weighted by molar-refractivity contribution is 8.00. The zero-order valence-electron chi connectivity index (χ0n) is 19.6. The number of carbonyl (C=O) groups excluding carboxylic acids is 1. The Morgan fingerprint density at radius 3 is 2.57 bits per heavy atom. The summed E-state index contributed by atoms with van der Waals surface area (Å²) in [4.78, 5) is 16.3. The number of oxime groups is 1. The maximum Gasteiger partial charge on any atom is 0.264 e. The summed E-state index contributed by atoms with van der Waals surface area (Å²) in [7, 11) is 1.65. The number of carbonyl (C=O) groups is 1. The summed E-state index contributed by atoms with van der Waals surface area (Å²) in [5.41, 5.74) is 4.96. The van der Waals surface area contributed by atoms with Crippen LogP contribution in [0.25, 0.3) is 0 Å². The third-order valence-electron chi connectivity index (χ3n) is 6.57. The zero-order valence-corrected chi connectivity index (χ0v) is 21.2. The maximum absolute atomic E-state index is 13.6. The van der Waals surface area contributed by atoms with E-state index in [4.69, 9.17) is 9.47 Å². The van der Waals surface area contributed by atoms with Crippen LogP contribution in [0.15, 0.2) is 64.0 Å². The van der Waals surface area contributed by atoms with Gasteiger partial charge in [0.1, 0.15) is 5.75 Å². The second kappa shape index (κ2) is 10.8. The molecule has 0 radical (unpaired) electrons. The number of ether oxygens (including phenoxy) is 2. The van der Waals surface area contributed by atoms with Crippen LogP contribution in [0.5, 0.6) is 5.75 Å². The quantitative estimate of drug-likeness (QED) is 0.273. The first-order valence-electron chi connectivity index (χ1n) is 11.7. The molecule has 1 atom stereocenters. The van der Waals surface area contributed by atoms with Gasteiger partial charge >= 0.3 is 0 Å². The number of hydrogen-bond acceptors (Lipinski definition) is 7. The second-order valence-corrected chi connectivity index (χ2v) is 10.9. The predicted molar refractivity (Wildman–Crippen MR) is 139 cm³/mol. The number of amides is 1. The highest BCUT2D eigenvalue weighted by Crippen LogP contribution is 2.45. The van der Waals surface area contributed by atoms with E-state index in [1.54, 1.807) is 18.9 Å². The van der Waals surface area contributed by atoms with Gasteiger partial charge in [-0.25, -0.2) is 0 Å². The largest absolute Gasteiger partial charge is 0.497 e. The molecule has 2 aliphatic rings. The highest BCUT2D eigenvalue weighted by atomic mass is 32.2. The van der Waals surface area contributed by atoms with Crippen molar-refractivity contribution in [3.63, 3.8) is 0 Å². The van der Waals surface area contributed by atoms with Crippen LogP contribution < -0.4 is 4.74 Å². The lowest BCUT2D eigenvalue weighted by atomic mass is 9.79. The summed E-state index contributed by atoms with van der Waals surface area (Å²) in [6.45, 7) is 2.32. The molecule has 0 bridgehead atoms. The molecule has 6 nitrogen and oxygen atoms in total. The molecule has 1 aliphatic heterocycles. The number of fused-ring (bicyclic) bond motifs is 1. The van der Waals surface area contributed by atoms with E-state index < -0.39 is 0 Å². The Kier molecular flexibility index (Phi) is 7.41. The van der Waals surface area contributed by atoms with E-state index in [-0.39, 0.29) is 11.8 Å². The van der Waals surface area contributed by atoms with Crippen molar-refractivity contribution in [3.05, 3.63) is 81.7 Å². The normalized spacial score (nSPS) is 18.9. The average molecular weight is 509 g/mol. The molecule has 2 aromatic carbocycles. The molecule has 1 aliphatic carbocycles. The van der Waals surface area contributed by atoms with Gasteiger partial charge in [-0.2, -0.15) is 0 Å². The van der Waals surface area contributed by atoms with Crippen LogP contribution in [0, 0.1) is 0 Å². The number of thioether (sulfide) groups is 1. The minimum absolute atomic E-state index is 0.0498. The van der Waals surface area contributed by atoms with Crippen molar-refractivity contribution in [2.45, 2.75) is 28.7 Å². The third-order valence-corrected chi connectivity index (χ3v) is 9.13. The van der Waals surface area contributed by atoms with Gasteiger partial charge in [0.15, 0.2) is 0 Å². The van der Waals surface area contributed by atoms with Crippen LogP contribution in [0.4, 0.5) is 0 Å². The molecule has 1 amide bonds. The first-order chi connectivity index (χ1) is 17.2. The topological polar surface area (TPSA) is 71.4 Å². The first kappa shape index (κ1) is 23.9. The molecule has 182 valence electrons. The molecule has 5 rings (SSSR count). The van der Waals surface area contributed by atoms with Gasteiger partial charge in [-0.15, -0.1) is 23.1 Å². The minimum Gasteiger partial charge on any atom is -0.497 e. The summed E-state index contributed by atoms with van der Waals surface area (Å²) in [5.74, 6) is 1.77. The molecule has 0 unspecified atom stereocenters. The molecule has 1 aromatic heterocycles. The standard InChI is InChI=1S/C27H28N2O4S2/c1-32-21-9-7-19(8-10-21)20-15-22-24(23(16-20)28-31)27(34-17-18-5-3-2-4-6-18)35-25(22)26(30)29-11-13-33-14-12-29/h2-10,20,31H,11-17H2,1H3/t20-/m0/s1. The summed E-state index contributed by atoms with van der Waals surface area (Å²) >= 11 is 3.25. The average Bonchev–Trinajstić information content (AvgIpc) is 3.30. The Hall–Kier alpha value is -2.81. The van der Waals surface area contributed by atoms with E-state index in [9.17, 15) is 10.0 Å². The van der Waals surface area contributed by atoms with Gasteiger partial charge in [0.05, 0.1) is 35.1 Å². The molecular formula is C27H28N2O4S2. The third kappa shape index (κ3) is 5.10. The van der Waals surface area contributed by atoms with Gasteiger partial charge in [-0.3, -0.25) is 4.79 Å². The SMILES string of the molecule is COc1ccc([C@@H]2CC(=NO)c3c(SCc4ccccc4)sc(C(=O)N4CCOCC4)c3C2)cc1. The molecule has 35 heavy (non-hydrogen) atoms. The lowest BCUT2D eigenvalue weighted by molar-refractivity contribution is 0.0305. The first-order valence-corrected chi connectivity index (χ1v) is 13.5. The van der Waals surface area contributed by atoms with Crippen molar-refractivity contribution in [1.82, 2.24) is 4.90 Å². The molecule has 3 aromatic rings. The summed E-state index contributed by atoms with van der Waals surface area (Å²) in [6, 6.07) is 18.3. The lowest BCUT2D eigenvalue weighted by Gasteiger charge is -2.28. The molecule has 0 spiro atoms. The van der Waals surface area contributed by atoms with E-state index in [0.717, 1.165) is 43.7 Å². The van der Waals surface area contributed by atoms with Gasteiger partial charge in [0, 0.05) is 30.8 Å². The van der Waals surface area contributed by atoms with E-state index in [1.165, 1.54) is 16.9 Å². The van der Waals surface area contributed by atoms with Crippen molar-refractivity contribution in [3.8, 4) is 5.75 Å². The molecule has 1 saturated heterocycles. The Morgan fingerprint density at radius 2 is 1.89 bits per heavy atom. The van der Waals surface area contributed by atoms with E-state index >= 15 is 0 Å². The fourth-order valence-electron chi connectivity index (χ4n) is 4.69. The Labute approximate surface area is 213 Å². The van der Waals surface area contributed by atoms with Gasteiger partial charge in [0.25, 0.3) is 5.91 Å². The zero-order chi connectivity index (χ0) is 24.2. The van der Waals surface area contributed by atoms with Crippen molar-refractivity contribution in [2.75, 3.05) is 33.4 Å². The molecule has 1 N–H and O–H groups in total. The van der Waals surface area contributed by atoms with Crippen molar-refractivity contribution < 1.29 is 19.5 Å². The van der Waals surface area contributed by atoms with Crippen LogP contribution in [-0.2, 0) is 16.9 Å². The van der Waals surface area contributed by atoms with Gasteiger partial charge in [-0.05, 0) is 41.2 Å². The molecule has 2 heterocycles. The maximum atomic E-state index is 13.6. The number of methoxy groups -OCH3 is 1. The van der Waals surface area contributed by atoms with E-state index in [1.807, 2.05) is 35.2 Å². The van der Waals surface area contributed by atoms with E-state index in [2.05, 4.69) is 29.4 Å². The van der Waals surface area contributed by atoms with Gasteiger partial charge in [-0.1, -0.05) is 47.6 Å². The van der Waals surface area contributed by atoms with Crippen LogP contribution in [-0.4, -0.2) is 55.1 Å². The van der Waals surface area contributed by atoms with Crippen molar-refractivity contribution >= 4 is 34.7 Å². The minimum atomic E-state index is 0.0498. The van der Waals surface area contributed by atoms with Gasteiger partial charge < -0.3 is 19.6 Å². The monoisotopic (exact) mass is 508 g/mol. The van der Waals surface area contributed by atoms with Gasteiger partial charge in [0.2, 0.25) is 0 Å². The van der Waals surface area contributed by atoms with Crippen LogP contribution in [0.3, 0.4) is 0 Å². The molecule has 1 fully saturated rings. The number of hydrogen-bond donors (Lipinski definition) is 1. The molecular weight excluding hydrogens is 480 g/mol. The Morgan fingerprint density at radius 1 is 1.14 bits per heavy atom. The number of rotatable bonds is 6. The predicted octanol–water partition coefficient (Wildman–Crippen LogP) is 5.43.